The van der Waals surface area contributed by atoms with Gasteiger partial charge < -0.3 is 4.90 Å². The molecular weight excluding hydrogens is 208 g/mol. The fourth-order valence-electron chi connectivity index (χ4n) is 1.77. The van der Waals surface area contributed by atoms with Crippen molar-refractivity contribution < 1.29 is 0 Å². The van der Waals surface area contributed by atoms with Crippen molar-refractivity contribution in [3.63, 3.8) is 0 Å². The number of hydrogen-bond acceptors (Lipinski definition) is 2. The van der Waals surface area contributed by atoms with E-state index in [-0.39, 0.29) is 0 Å². The standard InChI is InChI=1S/C12H13ClN2/c1-9-11(6-7-13)10(2)15-8-4-3-5-12(15)14-9/h3-5,8H,2,6-7H2,1H3. The lowest BCUT2D eigenvalue weighted by Crippen LogP contribution is -2.28. The molecule has 0 saturated heterocycles. The van der Waals surface area contributed by atoms with Gasteiger partial charge in [0.05, 0.1) is 0 Å². The number of alkyl halides is 1. The summed E-state index contributed by atoms with van der Waals surface area (Å²) in [5, 5.41) is 0. The molecule has 0 aromatic heterocycles. The average Bonchev–Trinajstić information content (AvgIpc) is 2.24. The molecule has 2 nitrogen and oxygen atoms in total. The highest BCUT2D eigenvalue weighted by Crippen LogP contribution is 2.28. The number of allylic oxidation sites excluding steroid dienone is 4. The van der Waals surface area contributed by atoms with Gasteiger partial charge in [0, 0.05) is 23.5 Å². The maximum Gasteiger partial charge on any atom is 0.137 e. The largest absolute Gasteiger partial charge is 0.302 e. The average molecular weight is 221 g/mol. The molecule has 0 spiro atoms. The van der Waals surface area contributed by atoms with Gasteiger partial charge in [0.15, 0.2) is 0 Å². The zero-order chi connectivity index (χ0) is 10.8. The van der Waals surface area contributed by atoms with Crippen molar-refractivity contribution in [2.45, 2.75) is 13.3 Å². The van der Waals surface area contributed by atoms with Crippen molar-refractivity contribution >= 4 is 17.4 Å². The van der Waals surface area contributed by atoms with E-state index in [2.05, 4.69) is 11.6 Å². The SMILES string of the molecule is C=C1C(CCCl)=C(C)N=C2C=CC=CN12. The molecule has 0 N–H and O–H groups in total. The number of halogens is 1. The third-order valence-electron chi connectivity index (χ3n) is 2.54. The van der Waals surface area contributed by atoms with Gasteiger partial charge in [0.2, 0.25) is 0 Å². The van der Waals surface area contributed by atoms with Crippen molar-refractivity contribution in [2.24, 2.45) is 4.99 Å². The first kappa shape index (κ1) is 10.2. The highest BCUT2D eigenvalue weighted by molar-refractivity contribution is 6.18. The van der Waals surface area contributed by atoms with E-state index < -0.39 is 0 Å². The summed E-state index contributed by atoms with van der Waals surface area (Å²) in [5.41, 5.74) is 3.15. The van der Waals surface area contributed by atoms with E-state index in [0.29, 0.717) is 5.88 Å². The molecule has 0 aromatic rings. The van der Waals surface area contributed by atoms with Crippen LogP contribution in [0.1, 0.15) is 13.3 Å². The maximum atomic E-state index is 5.77. The molecule has 78 valence electrons. The lowest BCUT2D eigenvalue weighted by molar-refractivity contribution is 0.673. The van der Waals surface area contributed by atoms with Crippen LogP contribution in [0.4, 0.5) is 0 Å². The van der Waals surface area contributed by atoms with Crippen LogP contribution in [-0.4, -0.2) is 16.6 Å². The summed E-state index contributed by atoms with van der Waals surface area (Å²) >= 11 is 5.77. The maximum absolute atomic E-state index is 5.77. The van der Waals surface area contributed by atoms with E-state index in [1.807, 2.05) is 36.3 Å². The molecule has 2 rings (SSSR count). The first-order valence-electron chi connectivity index (χ1n) is 4.92. The molecule has 2 aliphatic rings. The molecule has 0 atom stereocenters. The van der Waals surface area contributed by atoms with Gasteiger partial charge >= 0.3 is 0 Å². The minimum Gasteiger partial charge on any atom is -0.302 e. The summed E-state index contributed by atoms with van der Waals surface area (Å²) in [7, 11) is 0. The van der Waals surface area contributed by atoms with Crippen LogP contribution < -0.4 is 0 Å². The van der Waals surface area contributed by atoms with E-state index in [0.717, 1.165) is 29.2 Å². The molecule has 0 radical (unpaired) electrons. The molecule has 0 saturated carbocycles. The highest BCUT2D eigenvalue weighted by atomic mass is 35.5. The monoisotopic (exact) mass is 220 g/mol. The van der Waals surface area contributed by atoms with E-state index in [1.165, 1.54) is 0 Å². The summed E-state index contributed by atoms with van der Waals surface area (Å²) in [4.78, 5) is 6.51. The third-order valence-corrected chi connectivity index (χ3v) is 2.73. The molecule has 0 aliphatic carbocycles. The van der Waals surface area contributed by atoms with Crippen molar-refractivity contribution in [3.05, 3.63) is 48.0 Å². The van der Waals surface area contributed by atoms with Crippen molar-refractivity contribution in [1.29, 1.82) is 0 Å². The Hall–Kier alpha value is -1.28. The molecule has 3 heteroatoms. The lowest BCUT2D eigenvalue weighted by Gasteiger charge is -2.30. The number of fused-ring (bicyclic) bond motifs is 1. The van der Waals surface area contributed by atoms with Crippen LogP contribution in [0, 0.1) is 0 Å². The summed E-state index contributed by atoms with van der Waals surface area (Å²) in [5.74, 6) is 1.53. The molecule has 2 aliphatic heterocycles. The quantitative estimate of drug-likeness (QED) is 0.653. The fourth-order valence-corrected chi connectivity index (χ4v) is 1.96. The number of amidine groups is 1. The lowest BCUT2D eigenvalue weighted by atomic mass is 10.0. The smallest absolute Gasteiger partial charge is 0.137 e. The van der Waals surface area contributed by atoms with Crippen molar-refractivity contribution in [3.8, 4) is 0 Å². The van der Waals surface area contributed by atoms with Crippen LogP contribution in [0.2, 0.25) is 0 Å². The van der Waals surface area contributed by atoms with E-state index in [9.17, 15) is 0 Å². The minimum absolute atomic E-state index is 0.601. The van der Waals surface area contributed by atoms with Crippen molar-refractivity contribution in [2.75, 3.05) is 5.88 Å². The number of hydrogen-bond donors (Lipinski definition) is 0. The van der Waals surface area contributed by atoms with Gasteiger partial charge in [-0.25, -0.2) is 4.99 Å². The predicted octanol–water partition coefficient (Wildman–Crippen LogP) is 3.20. The van der Waals surface area contributed by atoms with Crippen LogP contribution in [0.5, 0.6) is 0 Å². The van der Waals surface area contributed by atoms with Crippen LogP contribution in [0.3, 0.4) is 0 Å². The third kappa shape index (κ3) is 1.77. The Kier molecular flexibility index (Phi) is 2.78. The van der Waals surface area contributed by atoms with Crippen LogP contribution in [-0.2, 0) is 0 Å². The Morgan fingerprint density at radius 3 is 3.00 bits per heavy atom. The highest BCUT2D eigenvalue weighted by Gasteiger charge is 2.21. The Morgan fingerprint density at radius 1 is 1.47 bits per heavy atom. The second-order valence-corrected chi connectivity index (χ2v) is 3.87. The molecule has 0 unspecified atom stereocenters. The molecule has 0 bridgehead atoms. The van der Waals surface area contributed by atoms with Gasteiger partial charge in [0.25, 0.3) is 0 Å². The summed E-state index contributed by atoms with van der Waals surface area (Å²) in [6.45, 7) is 6.10. The van der Waals surface area contributed by atoms with Gasteiger partial charge in [-0.2, -0.15) is 0 Å². The van der Waals surface area contributed by atoms with Gasteiger partial charge in [0.1, 0.15) is 5.84 Å². The Labute approximate surface area is 94.9 Å². The second-order valence-electron chi connectivity index (χ2n) is 3.49. The Balaban J connectivity index is 2.40. The predicted molar refractivity (Wildman–Crippen MR) is 64.7 cm³/mol. The van der Waals surface area contributed by atoms with Crippen LogP contribution in [0.25, 0.3) is 0 Å². The topological polar surface area (TPSA) is 15.6 Å². The molecule has 0 fully saturated rings. The molecular formula is C12H13ClN2. The van der Waals surface area contributed by atoms with E-state index in [4.69, 9.17) is 11.6 Å². The zero-order valence-electron chi connectivity index (χ0n) is 8.70. The first-order valence-corrected chi connectivity index (χ1v) is 5.45. The zero-order valence-corrected chi connectivity index (χ0v) is 9.46. The van der Waals surface area contributed by atoms with E-state index >= 15 is 0 Å². The molecule has 0 aromatic carbocycles. The number of nitrogens with zero attached hydrogens (tertiary/aromatic N) is 2. The van der Waals surface area contributed by atoms with E-state index in [1.54, 1.807) is 0 Å². The van der Waals surface area contributed by atoms with Gasteiger partial charge in [-0.1, -0.05) is 12.7 Å². The minimum atomic E-state index is 0.601. The van der Waals surface area contributed by atoms with Gasteiger partial charge in [-0.3, -0.25) is 0 Å². The van der Waals surface area contributed by atoms with Gasteiger partial charge in [-0.05, 0) is 31.1 Å². The number of aliphatic imine (C=N–C) groups is 1. The molecule has 2 heterocycles. The molecule has 15 heavy (non-hydrogen) atoms. The summed E-state index contributed by atoms with van der Waals surface area (Å²) in [6, 6.07) is 0. The second kappa shape index (κ2) is 4.07. The Bertz CT molecular complexity index is 413. The van der Waals surface area contributed by atoms with Crippen molar-refractivity contribution in [1.82, 2.24) is 4.90 Å². The Morgan fingerprint density at radius 2 is 2.27 bits per heavy atom. The summed E-state index contributed by atoms with van der Waals surface area (Å²) in [6.07, 6.45) is 8.72. The summed E-state index contributed by atoms with van der Waals surface area (Å²) < 4.78 is 0. The van der Waals surface area contributed by atoms with Crippen LogP contribution in [0.15, 0.2) is 53.0 Å². The number of rotatable bonds is 2. The van der Waals surface area contributed by atoms with Gasteiger partial charge in [-0.15, -0.1) is 11.6 Å². The van der Waals surface area contributed by atoms with Crippen LogP contribution >= 0.6 is 11.6 Å². The fraction of sp³-hybridized carbons (Fsp3) is 0.250. The first-order chi connectivity index (χ1) is 7.24. The molecule has 0 amide bonds. The normalized spacial score (nSPS) is 19.5.